The maximum absolute atomic E-state index is 13.5. The predicted molar refractivity (Wildman–Crippen MR) is 73.8 cm³/mol. The molecule has 104 valence electrons. The zero-order valence-electron chi connectivity index (χ0n) is 11.3. The van der Waals surface area contributed by atoms with Gasteiger partial charge in [-0.25, -0.2) is 4.39 Å². The summed E-state index contributed by atoms with van der Waals surface area (Å²) < 4.78 is 13.5. The Bertz CT molecular complexity index is 459. The van der Waals surface area contributed by atoms with E-state index in [1.807, 2.05) is 13.0 Å². The van der Waals surface area contributed by atoms with Crippen LogP contribution in [0.15, 0.2) is 18.2 Å². The van der Waals surface area contributed by atoms with Gasteiger partial charge in [-0.05, 0) is 56.5 Å². The molecule has 2 saturated heterocycles. The van der Waals surface area contributed by atoms with Crippen LogP contribution in [0, 0.1) is 12.7 Å². The molecule has 0 aromatic heterocycles. The second-order valence-corrected chi connectivity index (χ2v) is 5.90. The average molecular weight is 264 g/mol. The Morgan fingerprint density at radius 1 is 1.42 bits per heavy atom. The highest BCUT2D eigenvalue weighted by molar-refractivity contribution is 5.49. The Balaban J connectivity index is 1.87. The number of benzene rings is 1. The van der Waals surface area contributed by atoms with Crippen molar-refractivity contribution in [2.45, 2.75) is 37.8 Å². The highest BCUT2D eigenvalue weighted by atomic mass is 19.1. The summed E-state index contributed by atoms with van der Waals surface area (Å²) in [5.74, 6) is -0.225. The van der Waals surface area contributed by atoms with Crippen LogP contribution in [-0.2, 0) is 0 Å². The molecule has 0 spiro atoms. The van der Waals surface area contributed by atoms with Gasteiger partial charge in [-0.3, -0.25) is 4.90 Å². The molecule has 2 atom stereocenters. The van der Waals surface area contributed by atoms with E-state index in [4.69, 9.17) is 0 Å². The number of fused-ring (bicyclic) bond motifs is 1. The summed E-state index contributed by atoms with van der Waals surface area (Å²) in [7, 11) is 0. The number of halogens is 1. The summed E-state index contributed by atoms with van der Waals surface area (Å²) in [6.07, 6.45) is 3.22. The normalized spacial score (nSPS) is 30.6. The molecule has 0 amide bonds. The lowest BCUT2D eigenvalue weighted by molar-refractivity contribution is 0.175. The quantitative estimate of drug-likeness (QED) is 0.878. The number of aliphatic hydroxyl groups excluding tert-OH is 1. The molecule has 0 bridgehead atoms. The smallest absolute Gasteiger partial charge is 0.125 e. The van der Waals surface area contributed by atoms with E-state index in [0.717, 1.165) is 37.2 Å². The van der Waals surface area contributed by atoms with Crippen molar-refractivity contribution in [3.8, 4) is 0 Å². The zero-order chi connectivity index (χ0) is 13.5. The zero-order valence-corrected chi connectivity index (χ0v) is 11.3. The van der Waals surface area contributed by atoms with E-state index < -0.39 is 0 Å². The van der Waals surface area contributed by atoms with Crippen molar-refractivity contribution in [1.82, 2.24) is 4.90 Å². The molecule has 0 saturated carbocycles. The molecule has 0 radical (unpaired) electrons. The minimum Gasteiger partial charge on any atom is -0.394 e. The molecule has 2 heterocycles. The van der Waals surface area contributed by atoms with Crippen LogP contribution in [0.2, 0.25) is 0 Å². The van der Waals surface area contributed by atoms with Crippen LogP contribution in [0.5, 0.6) is 0 Å². The van der Waals surface area contributed by atoms with Gasteiger partial charge in [-0.2, -0.15) is 0 Å². The molecule has 1 aromatic rings. The van der Waals surface area contributed by atoms with Gasteiger partial charge in [0.2, 0.25) is 0 Å². The highest BCUT2D eigenvalue weighted by Crippen LogP contribution is 2.38. The molecule has 2 aliphatic rings. The molecule has 4 heteroatoms. The number of hydrogen-bond donors (Lipinski definition) is 2. The van der Waals surface area contributed by atoms with Crippen molar-refractivity contribution in [2.75, 3.05) is 25.0 Å². The summed E-state index contributed by atoms with van der Waals surface area (Å²) in [4.78, 5) is 2.44. The lowest BCUT2D eigenvalue weighted by Gasteiger charge is -2.35. The Morgan fingerprint density at radius 2 is 2.26 bits per heavy atom. The van der Waals surface area contributed by atoms with E-state index >= 15 is 0 Å². The third-order valence-electron chi connectivity index (χ3n) is 4.56. The van der Waals surface area contributed by atoms with Gasteiger partial charge in [0, 0.05) is 18.3 Å². The van der Waals surface area contributed by atoms with Gasteiger partial charge in [-0.1, -0.05) is 0 Å². The maximum Gasteiger partial charge on any atom is 0.125 e. The van der Waals surface area contributed by atoms with Gasteiger partial charge in [0.15, 0.2) is 0 Å². The number of nitrogens with one attached hydrogen (secondary N) is 1. The van der Waals surface area contributed by atoms with E-state index in [1.54, 1.807) is 0 Å². The van der Waals surface area contributed by atoms with E-state index in [9.17, 15) is 9.50 Å². The minimum atomic E-state index is -0.309. The van der Waals surface area contributed by atoms with Crippen LogP contribution in [0.1, 0.15) is 24.8 Å². The molecule has 2 N–H and O–H groups in total. The van der Waals surface area contributed by atoms with Crippen LogP contribution in [0.3, 0.4) is 0 Å². The van der Waals surface area contributed by atoms with E-state index in [1.165, 1.54) is 18.6 Å². The minimum absolute atomic E-state index is 0.101. The first-order valence-electron chi connectivity index (χ1n) is 7.03. The van der Waals surface area contributed by atoms with Crippen molar-refractivity contribution in [2.24, 2.45) is 0 Å². The van der Waals surface area contributed by atoms with E-state index in [2.05, 4.69) is 10.2 Å². The largest absolute Gasteiger partial charge is 0.394 e. The van der Waals surface area contributed by atoms with Gasteiger partial charge in [0.25, 0.3) is 0 Å². The number of nitrogens with zero attached hydrogens (tertiary/aromatic N) is 1. The summed E-state index contributed by atoms with van der Waals surface area (Å²) >= 11 is 0. The van der Waals surface area contributed by atoms with Crippen LogP contribution in [0.25, 0.3) is 0 Å². The first kappa shape index (κ1) is 12.9. The molecule has 3 rings (SSSR count). The number of aryl methyl sites for hydroxylation is 1. The van der Waals surface area contributed by atoms with Crippen molar-refractivity contribution in [3.63, 3.8) is 0 Å². The summed E-state index contributed by atoms with van der Waals surface area (Å²) in [5.41, 5.74) is 1.37. The topological polar surface area (TPSA) is 35.5 Å². The number of aliphatic hydroxyl groups is 1. The van der Waals surface area contributed by atoms with Crippen molar-refractivity contribution in [3.05, 3.63) is 29.6 Å². The average Bonchev–Trinajstić information content (AvgIpc) is 2.92. The van der Waals surface area contributed by atoms with Gasteiger partial charge in [0.05, 0.1) is 12.1 Å². The number of hydrogen-bond acceptors (Lipinski definition) is 3. The van der Waals surface area contributed by atoms with E-state index in [0.29, 0.717) is 6.04 Å². The maximum atomic E-state index is 13.5. The highest BCUT2D eigenvalue weighted by Gasteiger charge is 2.48. The lowest BCUT2D eigenvalue weighted by atomic mass is 9.89. The summed E-state index contributed by atoms with van der Waals surface area (Å²) in [5, 5.41) is 13.3. The van der Waals surface area contributed by atoms with Gasteiger partial charge in [-0.15, -0.1) is 0 Å². The Morgan fingerprint density at radius 3 is 3.00 bits per heavy atom. The summed E-state index contributed by atoms with van der Waals surface area (Å²) in [6, 6.07) is 5.36. The van der Waals surface area contributed by atoms with Crippen molar-refractivity contribution >= 4 is 5.69 Å². The van der Waals surface area contributed by atoms with Gasteiger partial charge >= 0.3 is 0 Å². The lowest BCUT2D eigenvalue weighted by Crippen LogP contribution is -2.50. The van der Waals surface area contributed by atoms with Gasteiger partial charge in [0.1, 0.15) is 5.82 Å². The molecule has 0 aliphatic carbocycles. The van der Waals surface area contributed by atoms with Crippen LogP contribution >= 0.6 is 0 Å². The molecule has 2 aliphatic heterocycles. The van der Waals surface area contributed by atoms with Gasteiger partial charge < -0.3 is 10.4 Å². The fourth-order valence-corrected chi connectivity index (χ4v) is 3.70. The SMILES string of the molecule is Cc1cc(F)cc(NC2(CO)CCN3CCCC32)c1. The second-order valence-electron chi connectivity index (χ2n) is 5.90. The summed E-state index contributed by atoms with van der Waals surface area (Å²) in [6.45, 7) is 4.13. The number of anilines is 1. The molecule has 19 heavy (non-hydrogen) atoms. The van der Waals surface area contributed by atoms with Crippen molar-refractivity contribution in [1.29, 1.82) is 0 Å². The Kier molecular flexibility index (Phi) is 3.23. The first-order valence-corrected chi connectivity index (χ1v) is 7.03. The third kappa shape index (κ3) is 2.23. The molecule has 2 fully saturated rings. The molecule has 1 aromatic carbocycles. The second kappa shape index (κ2) is 4.76. The third-order valence-corrected chi connectivity index (χ3v) is 4.56. The standard InChI is InChI=1S/C15H21FN2O/c1-11-7-12(16)9-13(8-11)17-15(10-19)4-6-18-5-2-3-14(15)18/h7-9,14,17,19H,2-6,10H2,1H3. The van der Waals surface area contributed by atoms with Crippen LogP contribution < -0.4 is 5.32 Å². The van der Waals surface area contributed by atoms with E-state index in [-0.39, 0.29) is 18.0 Å². The molecular weight excluding hydrogens is 243 g/mol. The number of rotatable bonds is 3. The fraction of sp³-hybridized carbons (Fsp3) is 0.600. The Labute approximate surface area is 113 Å². The van der Waals surface area contributed by atoms with Crippen molar-refractivity contribution < 1.29 is 9.50 Å². The Hall–Kier alpha value is -1.13. The first-order chi connectivity index (χ1) is 9.13. The monoisotopic (exact) mass is 264 g/mol. The fourth-order valence-electron chi connectivity index (χ4n) is 3.70. The molecular formula is C15H21FN2O. The molecule has 3 nitrogen and oxygen atoms in total. The molecule has 2 unspecified atom stereocenters. The van der Waals surface area contributed by atoms with Crippen LogP contribution in [-0.4, -0.2) is 41.3 Å². The van der Waals surface area contributed by atoms with Crippen LogP contribution in [0.4, 0.5) is 10.1 Å². The predicted octanol–water partition coefficient (Wildman–Crippen LogP) is 2.15.